The molecule has 0 spiro atoms. The normalized spacial score (nSPS) is 27.4. The molecular weight excluding hydrogens is 418 g/mol. The molecule has 0 radical (unpaired) electrons. The average Bonchev–Trinajstić information content (AvgIpc) is 3.23. The van der Waals surface area contributed by atoms with E-state index in [-0.39, 0.29) is 18.1 Å². The number of dihydropyridines is 1. The minimum atomic E-state index is -0.246. The zero-order valence-corrected chi connectivity index (χ0v) is 20.1. The van der Waals surface area contributed by atoms with Crippen molar-refractivity contribution < 1.29 is 9.53 Å². The average molecular weight is 460 g/mol. The van der Waals surface area contributed by atoms with Crippen molar-refractivity contribution in [3.05, 3.63) is 23.4 Å². The lowest BCUT2D eigenvalue weighted by atomic mass is 10.0. The number of aliphatic imine (C=N–C) groups is 1. The first-order chi connectivity index (χ1) is 16.2. The van der Waals surface area contributed by atoms with Crippen molar-refractivity contribution in [2.24, 2.45) is 10.7 Å². The smallest absolute Gasteiger partial charge is 0.255 e. The molecule has 0 bridgehead atoms. The summed E-state index contributed by atoms with van der Waals surface area (Å²) in [5, 5.41) is 6.49. The third-order valence-corrected chi connectivity index (χ3v) is 7.21. The Morgan fingerprint density at radius 2 is 1.82 bits per heavy atom. The van der Waals surface area contributed by atoms with Crippen LogP contribution >= 0.6 is 0 Å². The molecule has 0 aromatic carbocycles. The fourth-order valence-electron chi connectivity index (χ4n) is 5.18. The highest BCUT2D eigenvalue weighted by molar-refractivity contribution is 6.21. The van der Waals surface area contributed by atoms with Crippen molar-refractivity contribution in [1.82, 2.24) is 25.3 Å². The highest BCUT2D eigenvalue weighted by Gasteiger charge is 2.31. The van der Waals surface area contributed by atoms with Gasteiger partial charge in [0, 0.05) is 63.7 Å². The molecule has 9 heteroatoms. The van der Waals surface area contributed by atoms with Crippen LogP contribution in [0.4, 0.5) is 0 Å². The summed E-state index contributed by atoms with van der Waals surface area (Å²) in [6.07, 6.45) is 8.78. The molecule has 184 valence electrons. The van der Waals surface area contributed by atoms with E-state index in [4.69, 9.17) is 15.5 Å². The Bertz CT molecular complexity index is 744. The van der Waals surface area contributed by atoms with Crippen LogP contribution in [0.25, 0.3) is 0 Å². The molecule has 1 amide bonds. The minimum Gasteiger partial charge on any atom is -0.404 e. The van der Waals surface area contributed by atoms with Gasteiger partial charge in [-0.25, -0.2) is 4.99 Å². The van der Waals surface area contributed by atoms with E-state index in [1.807, 2.05) is 13.1 Å². The number of rotatable bonds is 6. The van der Waals surface area contributed by atoms with Gasteiger partial charge in [-0.05, 0) is 58.3 Å². The number of nitrogens with one attached hydrogen (secondary N) is 2. The number of ether oxygens (including phenoxy) is 1. The summed E-state index contributed by atoms with van der Waals surface area (Å²) < 4.78 is 5.62. The molecule has 0 aromatic heterocycles. The lowest BCUT2D eigenvalue weighted by Crippen LogP contribution is -2.49. The van der Waals surface area contributed by atoms with Gasteiger partial charge in [-0.1, -0.05) is 0 Å². The number of piperidine rings is 1. The SMILES string of the molecule is CNC1N=C(N2CCCOCC2)C(C(=O)NC2CCN(CCN3CCCC3)CC2)=C/C1=C/N. The Morgan fingerprint density at radius 1 is 1.09 bits per heavy atom. The summed E-state index contributed by atoms with van der Waals surface area (Å²) in [6, 6.07) is 0.197. The molecule has 0 aliphatic carbocycles. The van der Waals surface area contributed by atoms with Crippen LogP contribution in [0.5, 0.6) is 0 Å². The maximum Gasteiger partial charge on any atom is 0.255 e. The number of hydrogen-bond donors (Lipinski definition) is 3. The number of hydrogen-bond acceptors (Lipinski definition) is 8. The van der Waals surface area contributed by atoms with E-state index in [0.717, 1.165) is 70.0 Å². The zero-order chi connectivity index (χ0) is 23.0. The van der Waals surface area contributed by atoms with Crippen LogP contribution in [-0.2, 0) is 9.53 Å². The van der Waals surface area contributed by atoms with E-state index in [1.165, 1.54) is 32.5 Å². The Kier molecular flexibility index (Phi) is 8.77. The Labute approximate surface area is 198 Å². The second-order valence-corrected chi connectivity index (χ2v) is 9.46. The minimum absolute atomic E-state index is 0.0525. The number of nitrogens with zero attached hydrogens (tertiary/aromatic N) is 4. The second kappa shape index (κ2) is 12.0. The predicted octanol–water partition coefficient (Wildman–Crippen LogP) is 0.112. The van der Waals surface area contributed by atoms with Crippen molar-refractivity contribution in [1.29, 1.82) is 0 Å². The molecule has 3 saturated heterocycles. The summed E-state index contributed by atoms with van der Waals surface area (Å²) >= 11 is 0. The van der Waals surface area contributed by atoms with Crippen LogP contribution in [0.15, 0.2) is 28.4 Å². The number of amidine groups is 1. The first kappa shape index (κ1) is 24.2. The van der Waals surface area contributed by atoms with Crippen LogP contribution < -0.4 is 16.4 Å². The maximum atomic E-state index is 13.4. The van der Waals surface area contributed by atoms with Gasteiger partial charge in [0.25, 0.3) is 5.91 Å². The molecule has 4 N–H and O–H groups in total. The fourth-order valence-corrected chi connectivity index (χ4v) is 5.18. The zero-order valence-electron chi connectivity index (χ0n) is 20.1. The molecule has 4 aliphatic rings. The lowest BCUT2D eigenvalue weighted by Gasteiger charge is -2.34. The molecule has 4 aliphatic heterocycles. The van der Waals surface area contributed by atoms with Crippen LogP contribution in [0.3, 0.4) is 0 Å². The number of nitrogens with two attached hydrogens (primary N) is 1. The van der Waals surface area contributed by atoms with Gasteiger partial charge in [0.05, 0.1) is 12.2 Å². The van der Waals surface area contributed by atoms with Crippen molar-refractivity contribution >= 4 is 11.7 Å². The number of carbonyl (C=O) groups excluding carboxylic acids is 1. The summed E-state index contributed by atoms with van der Waals surface area (Å²) in [6.45, 7) is 9.84. The van der Waals surface area contributed by atoms with Gasteiger partial charge in [-0.2, -0.15) is 0 Å². The van der Waals surface area contributed by atoms with E-state index < -0.39 is 0 Å². The van der Waals surface area contributed by atoms with Gasteiger partial charge >= 0.3 is 0 Å². The van der Waals surface area contributed by atoms with E-state index >= 15 is 0 Å². The Morgan fingerprint density at radius 3 is 2.52 bits per heavy atom. The molecule has 0 saturated carbocycles. The third-order valence-electron chi connectivity index (χ3n) is 7.21. The molecule has 4 heterocycles. The molecule has 1 atom stereocenters. The standard InChI is InChI=1S/C24H41N7O2/c1-26-22-19(18-25)17-21(23(28-22)31-9-4-15-33-16-14-31)24(32)27-20-5-10-30(11-6-20)13-12-29-7-2-3-8-29/h17-18,20,22,26H,2-16,25H2,1H3,(H,27,32)/b19-18-. The van der Waals surface area contributed by atoms with Crippen molar-refractivity contribution in [3.8, 4) is 0 Å². The Balaban J connectivity index is 1.36. The van der Waals surface area contributed by atoms with Crippen molar-refractivity contribution in [3.63, 3.8) is 0 Å². The number of amides is 1. The highest BCUT2D eigenvalue weighted by atomic mass is 16.5. The fraction of sp³-hybridized carbons (Fsp3) is 0.750. The maximum absolute atomic E-state index is 13.4. The van der Waals surface area contributed by atoms with Gasteiger partial charge in [0.15, 0.2) is 0 Å². The second-order valence-electron chi connectivity index (χ2n) is 9.46. The van der Waals surface area contributed by atoms with Crippen LogP contribution in [0.1, 0.15) is 32.1 Å². The third kappa shape index (κ3) is 6.35. The van der Waals surface area contributed by atoms with Gasteiger partial charge in [-0.15, -0.1) is 0 Å². The van der Waals surface area contributed by atoms with E-state index in [9.17, 15) is 4.79 Å². The molecule has 4 rings (SSSR count). The quantitative estimate of drug-likeness (QED) is 0.519. The monoisotopic (exact) mass is 459 g/mol. The molecule has 3 fully saturated rings. The number of carbonyl (C=O) groups is 1. The molecule has 0 aromatic rings. The van der Waals surface area contributed by atoms with Gasteiger partial charge in [-0.3, -0.25) is 10.1 Å². The van der Waals surface area contributed by atoms with Gasteiger partial charge < -0.3 is 30.5 Å². The largest absolute Gasteiger partial charge is 0.404 e. The lowest BCUT2D eigenvalue weighted by molar-refractivity contribution is -0.118. The summed E-state index contributed by atoms with van der Waals surface area (Å²) in [7, 11) is 1.86. The number of likely N-dealkylation sites (N-methyl/N-ethyl adjacent to an activating group) is 1. The molecular formula is C24H41N7O2. The summed E-state index contributed by atoms with van der Waals surface area (Å²) in [5.74, 6) is 0.689. The van der Waals surface area contributed by atoms with Crippen LogP contribution in [-0.4, -0.2) is 111 Å². The number of likely N-dealkylation sites (tertiary alicyclic amines) is 2. The highest BCUT2D eigenvalue weighted by Crippen LogP contribution is 2.21. The van der Waals surface area contributed by atoms with Crippen molar-refractivity contribution in [2.75, 3.05) is 72.6 Å². The van der Waals surface area contributed by atoms with Crippen molar-refractivity contribution in [2.45, 2.75) is 44.3 Å². The predicted molar refractivity (Wildman–Crippen MR) is 131 cm³/mol. The first-order valence-corrected chi connectivity index (χ1v) is 12.6. The Hall–Kier alpha value is -1.94. The van der Waals surface area contributed by atoms with E-state index in [0.29, 0.717) is 12.2 Å². The topological polar surface area (TPSA) is 98.5 Å². The molecule has 9 nitrogen and oxygen atoms in total. The van der Waals surface area contributed by atoms with E-state index in [2.05, 4.69) is 25.3 Å². The van der Waals surface area contributed by atoms with Crippen LogP contribution in [0, 0.1) is 0 Å². The van der Waals surface area contributed by atoms with Gasteiger partial charge in [0.2, 0.25) is 0 Å². The first-order valence-electron chi connectivity index (χ1n) is 12.6. The molecule has 33 heavy (non-hydrogen) atoms. The van der Waals surface area contributed by atoms with E-state index in [1.54, 1.807) is 6.20 Å². The molecule has 1 unspecified atom stereocenters. The van der Waals surface area contributed by atoms with Crippen LogP contribution in [0.2, 0.25) is 0 Å². The van der Waals surface area contributed by atoms with Gasteiger partial charge in [0.1, 0.15) is 12.0 Å². The summed E-state index contributed by atoms with van der Waals surface area (Å²) in [4.78, 5) is 25.6. The summed E-state index contributed by atoms with van der Waals surface area (Å²) in [5.41, 5.74) is 7.29.